The van der Waals surface area contributed by atoms with E-state index in [-0.39, 0.29) is 0 Å². The molecule has 1 aliphatic carbocycles. The molecule has 0 spiro atoms. The van der Waals surface area contributed by atoms with Gasteiger partial charge in [-0.1, -0.05) is 29.2 Å². The molecule has 1 rings (SSSR count). The van der Waals surface area contributed by atoms with Gasteiger partial charge in [-0.3, -0.25) is 0 Å². The molecule has 0 N–H and O–H groups in total. The van der Waals surface area contributed by atoms with Crippen molar-refractivity contribution in [1.29, 1.82) is 0 Å². The average Bonchev–Trinajstić information content (AvgIpc) is 1.91. The third kappa shape index (κ3) is 2.46. The van der Waals surface area contributed by atoms with E-state index in [0.717, 1.165) is 5.75 Å². The second kappa shape index (κ2) is 4.02. The van der Waals surface area contributed by atoms with Crippen LogP contribution in [0.1, 0.15) is 12.8 Å². The van der Waals surface area contributed by atoms with Crippen LogP contribution in [0.4, 0.5) is 0 Å². The first kappa shape index (κ1) is 7.23. The average molecular weight is 161 g/mol. The van der Waals surface area contributed by atoms with Crippen molar-refractivity contribution in [2.24, 2.45) is 0 Å². The van der Waals surface area contributed by atoms with Gasteiger partial charge in [0.1, 0.15) is 0 Å². The van der Waals surface area contributed by atoms with Gasteiger partial charge in [-0.2, -0.15) is 0 Å². The van der Waals surface area contributed by atoms with E-state index in [1.807, 2.05) is 0 Å². The van der Waals surface area contributed by atoms with Crippen LogP contribution in [-0.4, -0.2) is 5.75 Å². The number of rotatable bonds is 2. The van der Waals surface area contributed by atoms with Gasteiger partial charge < -0.3 is 0 Å². The van der Waals surface area contributed by atoms with Crippen LogP contribution in [0, 0.1) is 0 Å². The SMILES string of the molecule is ClSCC1=CCCC=C1. The fourth-order valence-corrected chi connectivity index (χ4v) is 1.56. The van der Waals surface area contributed by atoms with E-state index in [9.17, 15) is 0 Å². The summed E-state index contributed by atoms with van der Waals surface area (Å²) in [6, 6.07) is 0. The van der Waals surface area contributed by atoms with Gasteiger partial charge in [0.15, 0.2) is 0 Å². The van der Waals surface area contributed by atoms with Crippen molar-refractivity contribution in [3.8, 4) is 0 Å². The molecule has 2 heteroatoms. The van der Waals surface area contributed by atoms with E-state index in [4.69, 9.17) is 10.7 Å². The van der Waals surface area contributed by atoms with Gasteiger partial charge >= 0.3 is 0 Å². The molecule has 0 aromatic rings. The maximum absolute atomic E-state index is 5.48. The van der Waals surface area contributed by atoms with Crippen LogP contribution < -0.4 is 0 Å². The van der Waals surface area contributed by atoms with E-state index in [2.05, 4.69) is 18.2 Å². The normalized spacial score (nSPS) is 17.7. The minimum atomic E-state index is 0.943. The fourth-order valence-electron chi connectivity index (χ4n) is 0.838. The number of allylic oxidation sites excluding steroid dienone is 3. The summed E-state index contributed by atoms with van der Waals surface area (Å²) >= 11 is 0. The molecule has 0 amide bonds. The summed E-state index contributed by atoms with van der Waals surface area (Å²) in [5.41, 5.74) is 1.36. The summed E-state index contributed by atoms with van der Waals surface area (Å²) in [7, 11) is 6.84. The van der Waals surface area contributed by atoms with E-state index in [1.54, 1.807) is 0 Å². The molecule has 0 atom stereocenters. The molecule has 0 aromatic carbocycles. The zero-order valence-electron chi connectivity index (χ0n) is 5.14. The first-order valence-electron chi connectivity index (χ1n) is 3.02. The second-order valence-electron chi connectivity index (χ2n) is 2.01. The monoisotopic (exact) mass is 160 g/mol. The standard InChI is InChI=1S/C7H9ClS/c8-9-6-7-4-2-1-3-5-7/h2,4-5H,1,3,6H2. The molecule has 0 saturated heterocycles. The fraction of sp³-hybridized carbons (Fsp3) is 0.429. The summed E-state index contributed by atoms with van der Waals surface area (Å²) in [6.45, 7) is 0. The van der Waals surface area contributed by atoms with Crippen molar-refractivity contribution in [2.75, 3.05) is 5.75 Å². The minimum absolute atomic E-state index is 0.943. The Hall–Kier alpha value is 0.120. The summed E-state index contributed by atoms with van der Waals surface area (Å²) < 4.78 is 0. The highest BCUT2D eigenvalue weighted by Crippen LogP contribution is 2.16. The minimum Gasteiger partial charge on any atom is -0.0839 e. The van der Waals surface area contributed by atoms with Crippen LogP contribution in [0.15, 0.2) is 23.8 Å². The Morgan fingerprint density at radius 2 is 2.44 bits per heavy atom. The smallest absolute Gasteiger partial charge is 0.0333 e. The van der Waals surface area contributed by atoms with E-state index in [0.29, 0.717) is 0 Å². The summed E-state index contributed by atoms with van der Waals surface area (Å²) in [6.07, 6.45) is 8.97. The molecular formula is C7H9ClS. The summed E-state index contributed by atoms with van der Waals surface area (Å²) in [5, 5.41) is 0. The van der Waals surface area contributed by atoms with Crippen LogP contribution in [0.2, 0.25) is 0 Å². The highest BCUT2D eigenvalue weighted by atomic mass is 35.7. The van der Waals surface area contributed by atoms with Crippen molar-refractivity contribution in [2.45, 2.75) is 12.8 Å². The molecule has 0 aromatic heterocycles. The zero-order valence-corrected chi connectivity index (χ0v) is 6.71. The quantitative estimate of drug-likeness (QED) is 0.598. The van der Waals surface area contributed by atoms with Gasteiger partial charge in [-0.25, -0.2) is 0 Å². The van der Waals surface area contributed by atoms with E-state index < -0.39 is 0 Å². The predicted octanol–water partition coefficient (Wildman–Crippen LogP) is 3.15. The van der Waals surface area contributed by atoms with E-state index in [1.165, 1.54) is 29.4 Å². The molecular weight excluding hydrogens is 152 g/mol. The predicted molar refractivity (Wildman–Crippen MR) is 44.8 cm³/mol. The Morgan fingerprint density at radius 1 is 1.56 bits per heavy atom. The van der Waals surface area contributed by atoms with Crippen LogP contribution in [-0.2, 0) is 0 Å². The Labute approximate surface area is 64.5 Å². The lowest BCUT2D eigenvalue weighted by molar-refractivity contribution is 1.02. The maximum atomic E-state index is 5.48. The Morgan fingerprint density at radius 3 is 3.00 bits per heavy atom. The van der Waals surface area contributed by atoms with E-state index >= 15 is 0 Å². The molecule has 0 saturated carbocycles. The molecule has 0 radical (unpaired) electrons. The first-order valence-corrected chi connectivity index (χ1v) is 4.84. The van der Waals surface area contributed by atoms with Gasteiger partial charge in [-0.15, -0.1) is 0 Å². The Bertz CT molecular complexity index is 138. The lowest BCUT2D eigenvalue weighted by Gasteiger charge is -2.02. The van der Waals surface area contributed by atoms with Gasteiger partial charge in [0.05, 0.1) is 0 Å². The molecule has 0 unspecified atom stereocenters. The lowest BCUT2D eigenvalue weighted by Crippen LogP contribution is -1.85. The molecule has 0 heterocycles. The largest absolute Gasteiger partial charge is 0.0839 e. The molecule has 0 fully saturated rings. The van der Waals surface area contributed by atoms with Crippen molar-refractivity contribution in [3.05, 3.63) is 23.8 Å². The summed E-state index contributed by atoms with van der Waals surface area (Å²) in [4.78, 5) is 0. The molecule has 0 nitrogen and oxygen atoms in total. The van der Waals surface area contributed by atoms with Crippen LogP contribution in [0.5, 0.6) is 0 Å². The zero-order chi connectivity index (χ0) is 6.53. The number of halogens is 1. The molecule has 0 aliphatic heterocycles. The molecule has 0 bridgehead atoms. The van der Waals surface area contributed by atoms with Gasteiger partial charge in [0.2, 0.25) is 0 Å². The third-order valence-electron chi connectivity index (χ3n) is 1.29. The Kier molecular flexibility index (Phi) is 3.23. The number of hydrogen-bond acceptors (Lipinski definition) is 1. The van der Waals surface area contributed by atoms with Crippen LogP contribution in [0.25, 0.3) is 0 Å². The van der Waals surface area contributed by atoms with Crippen LogP contribution >= 0.6 is 21.7 Å². The first-order chi connectivity index (χ1) is 4.43. The van der Waals surface area contributed by atoms with Crippen molar-refractivity contribution in [1.82, 2.24) is 0 Å². The number of hydrogen-bond donors (Lipinski definition) is 0. The molecule has 50 valence electrons. The highest BCUT2D eigenvalue weighted by molar-refractivity contribution is 8.21. The topological polar surface area (TPSA) is 0 Å². The lowest BCUT2D eigenvalue weighted by atomic mass is 10.1. The second-order valence-corrected chi connectivity index (χ2v) is 3.17. The Balaban J connectivity index is 2.38. The van der Waals surface area contributed by atoms with Gasteiger partial charge in [-0.05, 0) is 29.1 Å². The van der Waals surface area contributed by atoms with Crippen molar-refractivity contribution in [3.63, 3.8) is 0 Å². The van der Waals surface area contributed by atoms with Crippen molar-refractivity contribution < 1.29 is 0 Å². The van der Waals surface area contributed by atoms with Gasteiger partial charge in [0.25, 0.3) is 0 Å². The van der Waals surface area contributed by atoms with Gasteiger partial charge in [0, 0.05) is 5.75 Å². The van der Waals surface area contributed by atoms with Crippen molar-refractivity contribution >= 4 is 21.7 Å². The van der Waals surface area contributed by atoms with Crippen LogP contribution in [0.3, 0.4) is 0 Å². The highest BCUT2D eigenvalue weighted by Gasteiger charge is 1.94. The summed E-state index contributed by atoms with van der Waals surface area (Å²) in [5.74, 6) is 0.943. The maximum Gasteiger partial charge on any atom is 0.0333 e. The third-order valence-corrected chi connectivity index (χ3v) is 2.06. The molecule has 9 heavy (non-hydrogen) atoms. The molecule has 1 aliphatic rings.